The summed E-state index contributed by atoms with van der Waals surface area (Å²) in [4.78, 5) is 26.7. The lowest BCUT2D eigenvalue weighted by Crippen LogP contribution is -2.05. The monoisotopic (exact) mass is 558 g/mol. The molecule has 8 heteroatoms. The highest BCUT2D eigenvalue weighted by Gasteiger charge is 2.08. The molecule has 0 bridgehead atoms. The van der Waals surface area contributed by atoms with Gasteiger partial charge in [-0.05, 0) is 62.2 Å². The van der Waals surface area contributed by atoms with E-state index in [1.54, 1.807) is 55.0 Å². The van der Waals surface area contributed by atoms with E-state index < -0.39 is 16.8 Å². The number of aliphatic carboxylic acids is 1. The van der Waals surface area contributed by atoms with E-state index in [1.807, 2.05) is 45.9 Å². The van der Waals surface area contributed by atoms with E-state index in [0.717, 1.165) is 50.4 Å². The first-order chi connectivity index (χ1) is 18.3. The number of carbonyl (C=O) groups is 2. The second kappa shape index (κ2) is 21.0. The lowest BCUT2D eigenvalue weighted by Gasteiger charge is -2.06. The van der Waals surface area contributed by atoms with Crippen LogP contribution in [0.1, 0.15) is 58.0 Å². The number of rotatable bonds is 12. The van der Waals surface area contributed by atoms with Gasteiger partial charge in [-0.25, -0.2) is 9.78 Å². The molecule has 1 heterocycles. The Hall–Kier alpha value is -2.94. The van der Waals surface area contributed by atoms with Gasteiger partial charge in [-0.2, -0.15) is 0 Å². The number of aromatic nitrogens is 1. The molecule has 0 fully saturated rings. The van der Waals surface area contributed by atoms with Gasteiger partial charge in [0, 0.05) is 28.5 Å². The number of carboxylic acid groups (broad SMARTS) is 1. The minimum absolute atomic E-state index is 0.286. The normalized spacial score (nSPS) is 13.2. The van der Waals surface area contributed by atoms with E-state index in [4.69, 9.17) is 5.11 Å². The summed E-state index contributed by atoms with van der Waals surface area (Å²) in [6.45, 7) is 10.6. The molecule has 0 radical (unpaired) electrons. The lowest BCUT2D eigenvalue weighted by atomic mass is 10.0. The number of hydrogen-bond donors (Lipinski definition) is 2. The molecular weight excluding hydrogens is 516 g/mol. The fourth-order valence-corrected chi connectivity index (χ4v) is 4.71. The van der Waals surface area contributed by atoms with Crippen LogP contribution >= 0.6 is 11.3 Å². The molecule has 0 aliphatic rings. The first-order valence-electron chi connectivity index (χ1n) is 12.8. The van der Waals surface area contributed by atoms with Crippen LogP contribution in [0.3, 0.4) is 0 Å². The number of nitrogens with zero attached hydrogens (tertiary/aromatic N) is 1. The lowest BCUT2D eigenvalue weighted by molar-refractivity contribution is -0.132. The van der Waals surface area contributed by atoms with Gasteiger partial charge >= 0.3 is 5.97 Å². The van der Waals surface area contributed by atoms with Crippen molar-refractivity contribution < 1.29 is 18.9 Å². The number of allylic oxidation sites excluding steroid dienone is 7. The summed E-state index contributed by atoms with van der Waals surface area (Å²) >= 11 is 1.55. The van der Waals surface area contributed by atoms with E-state index >= 15 is 0 Å². The number of carbonyl (C=O) groups excluding carboxylic acids is 1. The van der Waals surface area contributed by atoms with Gasteiger partial charge in [-0.3, -0.25) is 4.21 Å². The summed E-state index contributed by atoms with van der Waals surface area (Å²) in [6.07, 6.45) is 17.2. The van der Waals surface area contributed by atoms with Crippen LogP contribution in [0.2, 0.25) is 0 Å². The molecule has 0 saturated carbocycles. The van der Waals surface area contributed by atoms with Crippen molar-refractivity contribution in [1.82, 2.24) is 10.3 Å². The second-order valence-corrected chi connectivity index (χ2v) is 10.1. The number of likely N-dealkylation sites (N-methyl/N-ethyl adjacent to an activating group) is 1. The first kappa shape index (κ1) is 35.1. The minimum Gasteiger partial charge on any atom is -0.478 e. The Bertz CT molecular complexity index is 1190. The molecule has 208 valence electrons. The topological polar surface area (TPSA) is 96.4 Å². The van der Waals surface area contributed by atoms with Gasteiger partial charge in [0.25, 0.3) is 0 Å². The van der Waals surface area contributed by atoms with Crippen LogP contribution in [0.25, 0.3) is 15.8 Å². The van der Waals surface area contributed by atoms with E-state index in [0.29, 0.717) is 13.0 Å². The number of aldehydes is 1. The van der Waals surface area contributed by atoms with Crippen molar-refractivity contribution in [3.05, 3.63) is 81.8 Å². The Labute approximate surface area is 234 Å². The van der Waals surface area contributed by atoms with Crippen LogP contribution in [0.5, 0.6) is 0 Å². The molecule has 1 unspecified atom stereocenters. The zero-order valence-corrected chi connectivity index (χ0v) is 25.2. The third kappa shape index (κ3) is 13.0. The SMILES string of the molecule is CC.CC/C=C(\C=C(/CC)S(C)=O)c1ccc2nc(CC=O)sc2c1.C\C=C/C=C(\C=C\CNC)C(=O)O. The first-order valence-corrected chi connectivity index (χ1v) is 15.1. The molecule has 6 nitrogen and oxygen atoms in total. The molecule has 1 aromatic carbocycles. The van der Waals surface area contributed by atoms with E-state index in [1.165, 1.54) is 0 Å². The molecule has 0 aliphatic carbocycles. The number of nitrogens with one attached hydrogen (secondary N) is 1. The number of hydrogen-bond acceptors (Lipinski definition) is 6. The Morgan fingerprint density at radius 3 is 2.47 bits per heavy atom. The number of carboxylic acids is 1. The second-order valence-electron chi connectivity index (χ2n) is 7.56. The minimum atomic E-state index is -0.955. The number of thiazole rings is 1. The van der Waals surface area contributed by atoms with Crippen LogP contribution < -0.4 is 5.32 Å². The highest BCUT2D eigenvalue weighted by atomic mass is 32.2. The molecule has 2 N–H and O–H groups in total. The summed E-state index contributed by atoms with van der Waals surface area (Å²) in [5.41, 5.74) is 3.39. The standard InChI is InChI=1S/C18H21NO2S2.C10H15NO2.C2H6/c1-4-6-13(11-15(5-2)23(3)21)14-7-8-16-17(12-14)22-18(19-16)9-10-20;1-3-4-6-9(10(12)13)7-5-8-11-2;1-2/h6-8,10-12H,4-5,9H2,1-3H3;3-7,11H,8H2,1-2H3,(H,12,13);1-2H3/b13-6+,15-11+;4-3-,7-5+,9-6+;. The van der Waals surface area contributed by atoms with Crippen LogP contribution in [0.4, 0.5) is 0 Å². The third-order valence-electron chi connectivity index (χ3n) is 4.82. The maximum Gasteiger partial charge on any atom is 0.335 e. The van der Waals surface area contributed by atoms with Crippen molar-refractivity contribution >= 4 is 50.2 Å². The highest BCUT2D eigenvalue weighted by molar-refractivity contribution is 7.88. The summed E-state index contributed by atoms with van der Waals surface area (Å²) in [5.74, 6) is -0.912. The van der Waals surface area contributed by atoms with Gasteiger partial charge in [-0.1, -0.05) is 64.1 Å². The molecule has 0 spiro atoms. The third-order valence-corrected chi connectivity index (χ3v) is 7.00. The van der Waals surface area contributed by atoms with Crippen LogP contribution in [-0.2, 0) is 26.8 Å². The maximum absolute atomic E-state index is 11.8. The molecule has 0 aliphatic heterocycles. The quantitative estimate of drug-likeness (QED) is 0.167. The Morgan fingerprint density at radius 1 is 1.24 bits per heavy atom. The van der Waals surface area contributed by atoms with Crippen molar-refractivity contribution in [3.8, 4) is 0 Å². The Morgan fingerprint density at radius 2 is 1.95 bits per heavy atom. The highest BCUT2D eigenvalue weighted by Crippen LogP contribution is 2.28. The van der Waals surface area contributed by atoms with Crippen molar-refractivity contribution in [3.63, 3.8) is 0 Å². The summed E-state index contributed by atoms with van der Waals surface area (Å²) in [7, 11) is 0.851. The van der Waals surface area contributed by atoms with Crippen LogP contribution in [-0.4, -0.2) is 46.4 Å². The van der Waals surface area contributed by atoms with Crippen molar-refractivity contribution in [2.75, 3.05) is 19.8 Å². The molecule has 2 rings (SSSR count). The molecule has 0 amide bonds. The van der Waals surface area contributed by atoms with Crippen molar-refractivity contribution in [2.45, 2.75) is 53.9 Å². The molecular formula is C30H42N2O4S2. The number of benzene rings is 1. The molecule has 0 saturated heterocycles. The maximum atomic E-state index is 11.8. The van der Waals surface area contributed by atoms with Crippen LogP contribution in [0, 0.1) is 0 Å². The average molecular weight is 559 g/mol. The molecule has 2 aromatic rings. The number of fused-ring (bicyclic) bond motifs is 1. The molecule has 1 atom stereocenters. The molecule has 1 aromatic heterocycles. The van der Waals surface area contributed by atoms with Gasteiger partial charge in [0.15, 0.2) is 0 Å². The summed E-state index contributed by atoms with van der Waals surface area (Å²) < 4.78 is 12.9. The zero-order chi connectivity index (χ0) is 28.9. The largest absolute Gasteiger partial charge is 0.478 e. The van der Waals surface area contributed by atoms with E-state index in [2.05, 4.69) is 29.4 Å². The van der Waals surface area contributed by atoms with Crippen LogP contribution in [0.15, 0.2) is 71.2 Å². The zero-order valence-electron chi connectivity index (χ0n) is 23.6. The van der Waals surface area contributed by atoms with Gasteiger partial charge in [0.05, 0.1) is 22.2 Å². The Kier molecular flexibility index (Phi) is 19.4. The van der Waals surface area contributed by atoms with E-state index in [-0.39, 0.29) is 5.57 Å². The fraction of sp³-hybridized carbons (Fsp3) is 0.367. The fourth-order valence-electron chi connectivity index (χ4n) is 3.05. The smallest absolute Gasteiger partial charge is 0.335 e. The van der Waals surface area contributed by atoms with Gasteiger partial charge < -0.3 is 15.2 Å². The predicted molar refractivity (Wildman–Crippen MR) is 165 cm³/mol. The summed E-state index contributed by atoms with van der Waals surface area (Å²) in [5, 5.41) is 12.5. The van der Waals surface area contributed by atoms with Gasteiger partial charge in [0.1, 0.15) is 11.3 Å². The Balaban J connectivity index is 0.000000780. The van der Waals surface area contributed by atoms with Gasteiger partial charge in [-0.15, -0.1) is 11.3 Å². The summed E-state index contributed by atoms with van der Waals surface area (Å²) in [6, 6.07) is 6.13. The van der Waals surface area contributed by atoms with Gasteiger partial charge in [0.2, 0.25) is 0 Å². The average Bonchev–Trinajstić information content (AvgIpc) is 3.31. The predicted octanol–water partition coefficient (Wildman–Crippen LogP) is 6.88. The van der Waals surface area contributed by atoms with Crippen molar-refractivity contribution in [2.24, 2.45) is 0 Å². The molecule has 38 heavy (non-hydrogen) atoms. The van der Waals surface area contributed by atoms with Crippen molar-refractivity contribution in [1.29, 1.82) is 0 Å². The van der Waals surface area contributed by atoms with E-state index in [9.17, 15) is 13.8 Å².